The van der Waals surface area contributed by atoms with Gasteiger partial charge in [-0.3, -0.25) is 9.89 Å². The normalized spacial score (nSPS) is 13.7. The molecule has 11 nitrogen and oxygen atoms in total. The van der Waals surface area contributed by atoms with Crippen LogP contribution in [0.1, 0.15) is 60.9 Å². The van der Waals surface area contributed by atoms with Crippen LogP contribution in [-0.4, -0.2) is 58.4 Å². The molecule has 6 N–H and O–H groups in total. The SMILES string of the molecule is CC(C)=O.CN(C)C[C@@H](NC(=O)N1Cc2c(Nc3cccc(NC(=O)c4ccc(N)cc4)c3)n[nH]c2C1(C)C)c1ccccc1. The number of carbonyl (C=O) groups is 3. The maximum Gasteiger partial charge on any atom is 0.319 e. The monoisotopic (exact) mass is 610 g/mol. The fourth-order valence-electron chi connectivity index (χ4n) is 5.11. The lowest BCUT2D eigenvalue weighted by atomic mass is 10.0. The summed E-state index contributed by atoms with van der Waals surface area (Å²) in [5.74, 6) is 0.576. The fourth-order valence-corrected chi connectivity index (χ4v) is 5.11. The summed E-state index contributed by atoms with van der Waals surface area (Å²) >= 11 is 0. The van der Waals surface area contributed by atoms with E-state index in [0.717, 1.165) is 22.5 Å². The summed E-state index contributed by atoms with van der Waals surface area (Å²) in [5, 5.41) is 17.2. The van der Waals surface area contributed by atoms with Crippen molar-refractivity contribution in [2.45, 2.75) is 45.8 Å². The van der Waals surface area contributed by atoms with Crippen LogP contribution < -0.4 is 21.7 Å². The number of amides is 3. The van der Waals surface area contributed by atoms with Crippen LogP contribution in [0.3, 0.4) is 0 Å². The second kappa shape index (κ2) is 14.1. The molecule has 236 valence electrons. The fraction of sp³-hybridized carbons (Fsp3) is 0.294. The molecule has 4 aromatic rings. The minimum absolute atomic E-state index is 0.145. The smallest absolute Gasteiger partial charge is 0.319 e. The summed E-state index contributed by atoms with van der Waals surface area (Å²) in [4.78, 5) is 39.6. The number of H-pyrrole nitrogens is 1. The Hall–Kier alpha value is -5.16. The number of nitrogen functional groups attached to an aromatic ring is 1. The average molecular weight is 611 g/mol. The molecule has 5 rings (SSSR count). The van der Waals surface area contributed by atoms with E-state index in [1.807, 2.05) is 87.4 Å². The van der Waals surface area contributed by atoms with Gasteiger partial charge in [0.1, 0.15) is 5.78 Å². The summed E-state index contributed by atoms with van der Waals surface area (Å²) in [7, 11) is 3.99. The van der Waals surface area contributed by atoms with E-state index < -0.39 is 5.54 Å². The Morgan fingerprint density at radius 2 is 1.62 bits per heavy atom. The summed E-state index contributed by atoms with van der Waals surface area (Å²) in [6.45, 7) is 8.15. The topological polar surface area (TPSA) is 148 Å². The van der Waals surface area contributed by atoms with Gasteiger partial charge in [-0.05, 0) is 89.8 Å². The molecule has 0 radical (unpaired) electrons. The minimum Gasteiger partial charge on any atom is -0.399 e. The third-order valence-electron chi connectivity index (χ3n) is 7.32. The van der Waals surface area contributed by atoms with Gasteiger partial charge in [-0.15, -0.1) is 0 Å². The number of hydrogen-bond donors (Lipinski definition) is 5. The molecule has 0 saturated heterocycles. The number of hydrogen-bond acceptors (Lipinski definition) is 7. The number of aromatic nitrogens is 2. The number of fused-ring (bicyclic) bond motifs is 1. The van der Waals surface area contributed by atoms with Crippen LogP contribution in [0.4, 0.5) is 27.7 Å². The highest BCUT2D eigenvalue weighted by Crippen LogP contribution is 2.41. The third kappa shape index (κ3) is 8.27. The molecule has 0 aliphatic carbocycles. The number of nitrogens with zero attached hydrogens (tertiary/aromatic N) is 3. The highest BCUT2D eigenvalue weighted by atomic mass is 16.2. The molecule has 0 unspecified atom stereocenters. The highest BCUT2D eigenvalue weighted by molar-refractivity contribution is 6.04. The van der Waals surface area contributed by atoms with Gasteiger partial charge in [0, 0.05) is 34.7 Å². The average Bonchev–Trinajstić information content (AvgIpc) is 3.50. The minimum atomic E-state index is -0.597. The lowest BCUT2D eigenvalue weighted by molar-refractivity contribution is -0.115. The van der Waals surface area contributed by atoms with Crippen molar-refractivity contribution in [3.8, 4) is 0 Å². The second-order valence-electron chi connectivity index (χ2n) is 11.9. The number of nitrogens with one attached hydrogen (secondary N) is 4. The van der Waals surface area contributed by atoms with Crippen molar-refractivity contribution >= 4 is 40.6 Å². The van der Waals surface area contributed by atoms with Crippen molar-refractivity contribution in [2.75, 3.05) is 37.0 Å². The Kier molecular flexibility index (Phi) is 10.2. The largest absolute Gasteiger partial charge is 0.399 e. The predicted octanol–water partition coefficient (Wildman–Crippen LogP) is 5.65. The van der Waals surface area contributed by atoms with E-state index in [9.17, 15) is 14.4 Å². The van der Waals surface area contributed by atoms with Crippen LogP contribution in [0, 0.1) is 0 Å². The molecule has 3 aromatic carbocycles. The van der Waals surface area contributed by atoms with Gasteiger partial charge in [0.2, 0.25) is 0 Å². The number of carbonyl (C=O) groups excluding carboxylic acids is 3. The van der Waals surface area contributed by atoms with Crippen LogP contribution in [0.25, 0.3) is 0 Å². The van der Waals surface area contributed by atoms with Crippen LogP contribution >= 0.6 is 0 Å². The number of ketones is 1. The maximum atomic E-state index is 13.6. The lowest BCUT2D eigenvalue weighted by Crippen LogP contribution is -2.48. The Balaban J connectivity index is 0.00000109. The Morgan fingerprint density at radius 3 is 2.27 bits per heavy atom. The molecular weight excluding hydrogens is 568 g/mol. The second-order valence-corrected chi connectivity index (χ2v) is 11.9. The highest BCUT2D eigenvalue weighted by Gasteiger charge is 2.44. The van der Waals surface area contributed by atoms with Crippen molar-refractivity contribution < 1.29 is 14.4 Å². The van der Waals surface area contributed by atoms with E-state index in [1.54, 1.807) is 24.3 Å². The molecule has 45 heavy (non-hydrogen) atoms. The number of nitrogens with two attached hydrogens (primary N) is 1. The molecule has 0 spiro atoms. The van der Waals surface area contributed by atoms with Gasteiger partial charge in [-0.2, -0.15) is 5.10 Å². The van der Waals surface area contributed by atoms with Gasteiger partial charge in [-0.1, -0.05) is 36.4 Å². The van der Waals surface area contributed by atoms with Crippen LogP contribution in [0.2, 0.25) is 0 Å². The molecule has 2 heterocycles. The molecule has 11 heteroatoms. The van der Waals surface area contributed by atoms with Gasteiger partial charge >= 0.3 is 6.03 Å². The van der Waals surface area contributed by atoms with Crippen LogP contribution in [0.5, 0.6) is 0 Å². The van der Waals surface area contributed by atoms with Crippen molar-refractivity contribution in [3.05, 3.63) is 101 Å². The zero-order chi connectivity index (χ0) is 32.7. The van der Waals surface area contributed by atoms with Crippen molar-refractivity contribution in [2.24, 2.45) is 0 Å². The lowest BCUT2D eigenvalue weighted by Gasteiger charge is -2.34. The van der Waals surface area contributed by atoms with E-state index in [1.165, 1.54) is 13.8 Å². The number of likely N-dealkylation sites (N-methyl/N-ethyl adjacent to an activating group) is 1. The molecule has 1 aliphatic heterocycles. The van der Waals surface area contributed by atoms with E-state index in [-0.39, 0.29) is 23.8 Å². The summed E-state index contributed by atoms with van der Waals surface area (Å²) in [6.07, 6.45) is 0. The number of anilines is 4. The first-order valence-corrected chi connectivity index (χ1v) is 14.7. The van der Waals surface area contributed by atoms with Gasteiger partial charge in [0.15, 0.2) is 5.82 Å². The number of benzene rings is 3. The predicted molar refractivity (Wildman–Crippen MR) is 178 cm³/mol. The zero-order valence-electron chi connectivity index (χ0n) is 26.6. The molecule has 1 aliphatic rings. The first-order chi connectivity index (χ1) is 21.3. The van der Waals surface area contributed by atoms with Crippen molar-refractivity contribution in [1.29, 1.82) is 0 Å². The van der Waals surface area contributed by atoms with Crippen molar-refractivity contribution in [1.82, 2.24) is 25.3 Å². The maximum absolute atomic E-state index is 13.6. The standard InChI is InChI=1S/C31H36N8O2.C3H6O/c1-31(2)27-25(18-39(31)30(41)35-26(19-38(3)4)20-9-6-5-7-10-20)28(37-36-27)33-23-11-8-12-24(17-23)34-29(40)21-13-15-22(32)16-14-21;1-3(2)4/h5-17,26H,18-19,32H2,1-4H3,(H,34,40)(H,35,41)(H2,33,36,37);1-2H3/t26-;/m1./s1. The van der Waals surface area contributed by atoms with Crippen molar-refractivity contribution in [3.63, 3.8) is 0 Å². The Labute approximate surface area is 264 Å². The summed E-state index contributed by atoms with van der Waals surface area (Å²) < 4.78 is 0. The summed E-state index contributed by atoms with van der Waals surface area (Å²) in [5.41, 5.74) is 10.5. The number of urea groups is 1. The molecule has 1 atom stereocenters. The first-order valence-electron chi connectivity index (χ1n) is 14.7. The van der Waals surface area contributed by atoms with Crippen LogP contribution in [-0.2, 0) is 16.9 Å². The van der Waals surface area contributed by atoms with Gasteiger partial charge in [0.25, 0.3) is 5.91 Å². The quantitative estimate of drug-likeness (QED) is 0.162. The molecule has 0 fully saturated rings. The Morgan fingerprint density at radius 1 is 0.978 bits per heavy atom. The van der Waals surface area contributed by atoms with Gasteiger partial charge in [0.05, 0.1) is 23.8 Å². The van der Waals surface area contributed by atoms with E-state index in [4.69, 9.17) is 5.73 Å². The van der Waals surface area contributed by atoms with E-state index in [0.29, 0.717) is 35.8 Å². The first kappa shape index (κ1) is 32.7. The van der Waals surface area contributed by atoms with Gasteiger partial charge < -0.3 is 36.3 Å². The molecule has 3 amide bonds. The molecule has 1 aromatic heterocycles. The Bertz CT molecular complexity index is 1630. The summed E-state index contributed by atoms with van der Waals surface area (Å²) in [6, 6.07) is 23.9. The number of aromatic amines is 1. The number of rotatable bonds is 8. The van der Waals surface area contributed by atoms with Gasteiger partial charge in [-0.25, -0.2) is 4.79 Å². The van der Waals surface area contributed by atoms with E-state index >= 15 is 0 Å². The molecule has 0 bridgehead atoms. The molecular formula is C34H42N8O3. The number of Topliss-reactive ketones (excluding diaryl/α,β-unsaturated/α-hetero) is 1. The van der Waals surface area contributed by atoms with Crippen LogP contribution in [0.15, 0.2) is 78.9 Å². The molecule has 0 saturated carbocycles. The van der Waals surface area contributed by atoms with E-state index in [2.05, 4.69) is 31.0 Å². The zero-order valence-corrected chi connectivity index (χ0v) is 26.6. The third-order valence-corrected chi connectivity index (χ3v) is 7.32.